The number of esters is 2. The molecule has 0 heterocycles. The molecule has 1 fully saturated rings. The van der Waals surface area contributed by atoms with Crippen LogP contribution in [0.3, 0.4) is 0 Å². The molecular formula is C24H27F4NO5. The molecule has 2 rings (SSSR count). The van der Waals surface area contributed by atoms with Crippen molar-refractivity contribution < 1.29 is 41.4 Å². The maximum atomic E-state index is 14.3. The first kappa shape index (κ1) is 27.3. The highest BCUT2D eigenvalue weighted by atomic mass is 19.2. The number of methoxy groups -OCH3 is 1. The first-order valence-corrected chi connectivity index (χ1v) is 10.4. The van der Waals surface area contributed by atoms with E-state index in [0.29, 0.717) is 0 Å². The molecule has 0 saturated heterocycles. The van der Waals surface area contributed by atoms with E-state index in [9.17, 15) is 32.4 Å². The second-order valence-electron chi connectivity index (χ2n) is 9.79. The minimum atomic E-state index is -1.69. The highest BCUT2D eigenvalue weighted by Gasteiger charge is 2.67. The molecule has 0 aromatic heterocycles. The van der Waals surface area contributed by atoms with Crippen LogP contribution in [0.25, 0.3) is 0 Å². The van der Waals surface area contributed by atoms with Crippen LogP contribution in [0.15, 0.2) is 12.2 Å². The standard InChI is InChI=1S/C24H27F4NO5/c1-11(8-29)20(34-22(31)23(2,3)4)14-15(24(14,5)6)21(30)33-10-13-18(27)16(25)12(9-32-7)17(26)19(13)28/h14-15,20H,1,9-10H2,2-7H3. The fourth-order valence-corrected chi connectivity index (χ4v) is 3.76. The molecule has 1 saturated carbocycles. The average Bonchev–Trinajstić information content (AvgIpc) is 3.33. The summed E-state index contributed by atoms with van der Waals surface area (Å²) in [5.74, 6) is -9.85. The number of nitriles is 1. The summed E-state index contributed by atoms with van der Waals surface area (Å²) in [5, 5.41) is 9.30. The van der Waals surface area contributed by atoms with Crippen molar-refractivity contribution >= 4 is 11.9 Å². The monoisotopic (exact) mass is 485 g/mol. The Bertz CT molecular complexity index is 1030. The van der Waals surface area contributed by atoms with Gasteiger partial charge in [-0.3, -0.25) is 9.59 Å². The highest BCUT2D eigenvalue weighted by Crippen LogP contribution is 2.62. The quantitative estimate of drug-likeness (QED) is 0.229. The second-order valence-corrected chi connectivity index (χ2v) is 9.79. The maximum Gasteiger partial charge on any atom is 0.311 e. The summed E-state index contributed by atoms with van der Waals surface area (Å²) in [6.45, 7) is 10.0. The predicted molar refractivity (Wildman–Crippen MR) is 112 cm³/mol. The SMILES string of the molecule is C=C(C#N)C(OC(=O)C(C)(C)C)C1C(C(=O)OCc2c(F)c(F)c(COC)c(F)c2F)C1(C)C. The van der Waals surface area contributed by atoms with Gasteiger partial charge in [0.2, 0.25) is 0 Å². The Hall–Kier alpha value is -2.93. The lowest BCUT2D eigenvalue weighted by Gasteiger charge is -2.23. The number of halogens is 4. The van der Waals surface area contributed by atoms with Crippen LogP contribution in [-0.4, -0.2) is 25.2 Å². The topological polar surface area (TPSA) is 85.6 Å². The number of ether oxygens (including phenoxy) is 3. The van der Waals surface area contributed by atoms with Gasteiger partial charge < -0.3 is 14.2 Å². The van der Waals surface area contributed by atoms with Crippen molar-refractivity contribution in [3.63, 3.8) is 0 Å². The van der Waals surface area contributed by atoms with Crippen LogP contribution in [0.4, 0.5) is 17.6 Å². The molecular weight excluding hydrogens is 458 g/mol. The molecule has 3 unspecified atom stereocenters. The zero-order valence-corrected chi connectivity index (χ0v) is 19.9. The van der Waals surface area contributed by atoms with Crippen molar-refractivity contribution in [2.24, 2.45) is 22.7 Å². The van der Waals surface area contributed by atoms with Gasteiger partial charge in [0.25, 0.3) is 0 Å². The lowest BCUT2D eigenvalue weighted by Crippen LogP contribution is -2.31. The molecule has 1 aliphatic rings. The van der Waals surface area contributed by atoms with Crippen molar-refractivity contribution in [2.75, 3.05) is 7.11 Å². The van der Waals surface area contributed by atoms with Gasteiger partial charge in [-0.2, -0.15) is 5.26 Å². The summed E-state index contributed by atoms with van der Waals surface area (Å²) in [7, 11) is 1.10. The van der Waals surface area contributed by atoms with E-state index in [-0.39, 0.29) is 5.57 Å². The van der Waals surface area contributed by atoms with E-state index in [0.717, 1.165) is 7.11 Å². The smallest absolute Gasteiger partial charge is 0.311 e. The third kappa shape index (κ3) is 5.09. The zero-order valence-electron chi connectivity index (χ0n) is 19.9. The Morgan fingerprint density at radius 2 is 1.53 bits per heavy atom. The summed E-state index contributed by atoms with van der Waals surface area (Å²) < 4.78 is 71.9. The van der Waals surface area contributed by atoms with Crippen LogP contribution in [0.5, 0.6) is 0 Å². The van der Waals surface area contributed by atoms with Crippen LogP contribution >= 0.6 is 0 Å². The lowest BCUT2D eigenvalue weighted by atomic mass is 9.96. The first-order valence-electron chi connectivity index (χ1n) is 10.4. The number of carbonyl (C=O) groups excluding carboxylic acids is 2. The Balaban J connectivity index is 2.25. The summed E-state index contributed by atoms with van der Waals surface area (Å²) in [5.41, 5.74) is -3.80. The number of hydrogen-bond acceptors (Lipinski definition) is 6. The van der Waals surface area contributed by atoms with Gasteiger partial charge in [0.1, 0.15) is 12.7 Å². The van der Waals surface area contributed by atoms with Crippen molar-refractivity contribution in [3.8, 4) is 6.07 Å². The summed E-state index contributed by atoms with van der Waals surface area (Å²) in [4.78, 5) is 25.1. The molecule has 3 atom stereocenters. The van der Waals surface area contributed by atoms with E-state index in [1.54, 1.807) is 34.6 Å². The third-order valence-corrected chi connectivity index (χ3v) is 5.92. The minimum absolute atomic E-state index is 0.0825. The molecule has 0 N–H and O–H groups in total. The van der Waals surface area contributed by atoms with Crippen LogP contribution in [0.2, 0.25) is 0 Å². The maximum absolute atomic E-state index is 14.3. The minimum Gasteiger partial charge on any atom is -0.460 e. The molecule has 0 aliphatic heterocycles. The number of nitrogens with zero attached hydrogens (tertiary/aromatic N) is 1. The summed E-state index contributed by atoms with van der Waals surface area (Å²) in [6, 6.07) is 1.82. The molecule has 0 bridgehead atoms. The van der Waals surface area contributed by atoms with E-state index < -0.39 is 88.3 Å². The summed E-state index contributed by atoms with van der Waals surface area (Å²) in [6.07, 6.45) is -1.12. The Morgan fingerprint density at radius 1 is 1.06 bits per heavy atom. The van der Waals surface area contributed by atoms with Gasteiger partial charge >= 0.3 is 11.9 Å². The molecule has 10 heteroatoms. The van der Waals surface area contributed by atoms with Crippen molar-refractivity contribution in [1.82, 2.24) is 0 Å². The van der Waals surface area contributed by atoms with Crippen LogP contribution in [0.1, 0.15) is 45.7 Å². The lowest BCUT2D eigenvalue weighted by molar-refractivity contribution is -0.159. The second kappa shape index (κ2) is 9.74. The molecule has 1 aromatic carbocycles. The molecule has 6 nitrogen and oxygen atoms in total. The van der Waals surface area contributed by atoms with E-state index in [2.05, 4.69) is 11.3 Å². The normalized spacial score (nSPS) is 19.7. The van der Waals surface area contributed by atoms with Crippen LogP contribution in [-0.2, 0) is 37.0 Å². The van der Waals surface area contributed by atoms with Gasteiger partial charge in [-0.15, -0.1) is 0 Å². The van der Waals surface area contributed by atoms with Crippen molar-refractivity contribution in [2.45, 2.75) is 53.9 Å². The van der Waals surface area contributed by atoms with Crippen LogP contribution in [0, 0.1) is 57.3 Å². The molecule has 34 heavy (non-hydrogen) atoms. The molecule has 0 spiro atoms. The van der Waals surface area contributed by atoms with Gasteiger partial charge in [0.05, 0.1) is 40.7 Å². The van der Waals surface area contributed by atoms with Gasteiger partial charge in [-0.05, 0) is 26.2 Å². The molecule has 1 aromatic rings. The van der Waals surface area contributed by atoms with Crippen molar-refractivity contribution in [1.29, 1.82) is 5.26 Å². The van der Waals surface area contributed by atoms with Crippen molar-refractivity contribution in [3.05, 3.63) is 46.5 Å². The van der Waals surface area contributed by atoms with Gasteiger partial charge in [-0.25, -0.2) is 17.6 Å². The molecule has 0 radical (unpaired) electrons. The van der Waals surface area contributed by atoms with Crippen LogP contribution < -0.4 is 0 Å². The Morgan fingerprint density at radius 3 is 1.94 bits per heavy atom. The number of benzene rings is 1. The fraction of sp³-hybridized carbons (Fsp3) is 0.542. The highest BCUT2D eigenvalue weighted by molar-refractivity contribution is 5.79. The fourth-order valence-electron chi connectivity index (χ4n) is 3.76. The largest absolute Gasteiger partial charge is 0.460 e. The van der Waals surface area contributed by atoms with E-state index >= 15 is 0 Å². The van der Waals surface area contributed by atoms with Gasteiger partial charge in [0.15, 0.2) is 23.3 Å². The number of carbonyl (C=O) groups is 2. The Labute approximate surface area is 195 Å². The zero-order chi connectivity index (χ0) is 26.2. The summed E-state index contributed by atoms with van der Waals surface area (Å²) >= 11 is 0. The number of hydrogen-bond donors (Lipinski definition) is 0. The molecule has 1 aliphatic carbocycles. The third-order valence-electron chi connectivity index (χ3n) is 5.92. The van der Waals surface area contributed by atoms with Gasteiger partial charge in [-0.1, -0.05) is 20.4 Å². The van der Waals surface area contributed by atoms with E-state index in [1.165, 1.54) is 0 Å². The van der Waals surface area contributed by atoms with Gasteiger partial charge in [0, 0.05) is 13.0 Å². The van der Waals surface area contributed by atoms with E-state index in [4.69, 9.17) is 9.47 Å². The Kier molecular flexibility index (Phi) is 7.83. The molecule has 186 valence electrons. The number of rotatable bonds is 8. The van der Waals surface area contributed by atoms with E-state index in [1.807, 2.05) is 6.07 Å². The average molecular weight is 485 g/mol. The predicted octanol–water partition coefficient (Wildman–Crippen LogP) is 4.74. The first-order chi connectivity index (χ1) is 15.6. The molecule has 0 amide bonds.